The summed E-state index contributed by atoms with van der Waals surface area (Å²) in [5.74, 6) is 0.945. The Labute approximate surface area is 124 Å². The van der Waals surface area contributed by atoms with E-state index in [1.54, 1.807) is 0 Å². The molecule has 0 fully saturated rings. The summed E-state index contributed by atoms with van der Waals surface area (Å²) in [6.07, 6.45) is 2.84. The van der Waals surface area contributed by atoms with E-state index in [-0.39, 0.29) is 6.61 Å². The number of aliphatic hydroxyl groups excluding tert-OH is 1. The topological polar surface area (TPSA) is 41.5 Å². The summed E-state index contributed by atoms with van der Waals surface area (Å²) in [6.45, 7) is 6.04. The van der Waals surface area contributed by atoms with Crippen molar-refractivity contribution in [2.24, 2.45) is 0 Å². The van der Waals surface area contributed by atoms with Crippen LogP contribution in [0.15, 0.2) is 22.7 Å². The van der Waals surface area contributed by atoms with Gasteiger partial charge in [-0.15, -0.1) is 0 Å². The number of halogens is 1. The quantitative estimate of drug-likeness (QED) is 0.681. The molecule has 0 aromatic heterocycles. The van der Waals surface area contributed by atoms with Gasteiger partial charge in [0, 0.05) is 29.2 Å². The third-order valence-corrected chi connectivity index (χ3v) is 3.28. The predicted molar refractivity (Wildman–Crippen MR) is 82.5 cm³/mol. The van der Waals surface area contributed by atoms with Crippen LogP contribution in [0.5, 0.6) is 5.75 Å². The number of benzene rings is 1. The average molecular weight is 330 g/mol. The van der Waals surface area contributed by atoms with Crippen LogP contribution in [0, 0.1) is 0 Å². The lowest BCUT2D eigenvalue weighted by atomic mass is 10.2. The van der Waals surface area contributed by atoms with Crippen LogP contribution in [-0.4, -0.2) is 24.4 Å². The average Bonchev–Trinajstić information content (AvgIpc) is 2.38. The summed E-state index contributed by atoms with van der Waals surface area (Å²) in [5.41, 5.74) is 1.17. The number of hydrogen-bond donors (Lipinski definition) is 2. The van der Waals surface area contributed by atoms with E-state index in [4.69, 9.17) is 9.84 Å². The minimum absolute atomic E-state index is 0.266. The molecule has 108 valence electrons. The van der Waals surface area contributed by atoms with Gasteiger partial charge >= 0.3 is 0 Å². The minimum Gasteiger partial charge on any atom is -0.493 e. The van der Waals surface area contributed by atoms with E-state index >= 15 is 0 Å². The second kappa shape index (κ2) is 9.34. The first-order valence-electron chi connectivity index (χ1n) is 6.89. The summed E-state index contributed by atoms with van der Waals surface area (Å²) in [7, 11) is 0. The molecule has 1 aromatic rings. The van der Waals surface area contributed by atoms with Gasteiger partial charge in [0.2, 0.25) is 0 Å². The smallest absolute Gasteiger partial charge is 0.123 e. The Morgan fingerprint density at radius 2 is 2.05 bits per heavy atom. The van der Waals surface area contributed by atoms with E-state index in [2.05, 4.69) is 41.2 Å². The Bertz CT molecular complexity index is 369. The molecule has 19 heavy (non-hydrogen) atoms. The zero-order valence-corrected chi connectivity index (χ0v) is 13.4. The van der Waals surface area contributed by atoms with E-state index in [1.165, 1.54) is 5.56 Å². The van der Waals surface area contributed by atoms with E-state index in [0.29, 0.717) is 12.6 Å². The first-order chi connectivity index (χ1) is 9.13. The molecule has 0 aliphatic heterocycles. The zero-order chi connectivity index (χ0) is 14.1. The largest absolute Gasteiger partial charge is 0.493 e. The molecule has 1 aromatic carbocycles. The number of aliphatic hydroxyl groups is 1. The van der Waals surface area contributed by atoms with Gasteiger partial charge in [-0.25, -0.2) is 0 Å². The van der Waals surface area contributed by atoms with Crippen LogP contribution < -0.4 is 10.1 Å². The molecule has 0 radical (unpaired) electrons. The van der Waals surface area contributed by atoms with Gasteiger partial charge in [0.15, 0.2) is 0 Å². The third-order valence-electron chi connectivity index (χ3n) is 2.78. The van der Waals surface area contributed by atoms with Crippen LogP contribution in [0.3, 0.4) is 0 Å². The zero-order valence-electron chi connectivity index (χ0n) is 11.8. The van der Waals surface area contributed by atoms with E-state index in [0.717, 1.165) is 36.0 Å². The Morgan fingerprint density at radius 1 is 1.26 bits per heavy atom. The van der Waals surface area contributed by atoms with Gasteiger partial charge in [-0.2, -0.15) is 0 Å². The molecular weight excluding hydrogens is 306 g/mol. The van der Waals surface area contributed by atoms with E-state index in [1.807, 2.05) is 12.1 Å². The molecule has 3 nitrogen and oxygen atoms in total. The van der Waals surface area contributed by atoms with Gasteiger partial charge in [-0.05, 0) is 37.5 Å². The fraction of sp³-hybridized carbons (Fsp3) is 0.600. The lowest BCUT2D eigenvalue weighted by Crippen LogP contribution is -2.22. The van der Waals surface area contributed by atoms with Crippen molar-refractivity contribution in [1.29, 1.82) is 0 Å². The van der Waals surface area contributed by atoms with Crippen LogP contribution in [0.1, 0.15) is 38.7 Å². The molecule has 0 aliphatic carbocycles. The van der Waals surface area contributed by atoms with Gasteiger partial charge in [0.1, 0.15) is 5.75 Å². The van der Waals surface area contributed by atoms with Gasteiger partial charge in [-0.1, -0.05) is 29.8 Å². The van der Waals surface area contributed by atoms with Crippen LogP contribution >= 0.6 is 15.9 Å². The van der Waals surface area contributed by atoms with Crippen molar-refractivity contribution in [3.05, 3.63) is 28.2 Å². The number of unbranched alkanes of at least 4 members (excludes halogenated alkanes) is 2. The maximum atomic E-state index is 8.72. The first-order valence-corrected chi connectivity index (χ1v) is 7.68. The van der Waals surface area contributed by atoms with Crippen molar-refractivity contribution in [2.75, 3.05) is 13.2 Å². The predicted octanol–water partition coefficient (Wildman–Crippen LogP) is 3.49. The SMILES string of the molecule is CC(C)NCc1cc(Br)ccc1OCCCCCO. The first kappa shape index (κ1) is 16.5. The molecule has 0 unspecified atom stereocenters. The summed E-state index contributed by atoms with van der Waals surface area (Å²) >= 11 is 3.49. The number of ether oxygens (including phenoxy) is 1. The highest BCUT2D eigenvalue weighted by Gasteiger charge is 2.05. The number of rotatable bonds is 9. The van der Waals surface area contributed by atoms with Gasteiger partial charge in [0.05, 0.1) is 6.61 Å². The molecule has 2 N–H and O–H groups in total. The molecule has 4 heteroatoms. The summed E-state index contributed by atoms with van der Waals surface area (Å²) in [6, 6.07) is 6.56. The van der Waals surface area contributed by atoms with Crippen molar-refractivity contribution >= 4 is 15.9 Å². The normalized spacial score (nSPS) is 11.0. The van der Waals surface area contributed by atoms with E-state index in [9.17, 15) is 0 Å². The molecule has 0 heterocycles. The van der Waals surface area contributed by atoms with Gasteiger partial charge < -0.3 is 15.2 Å². The third kappa shape index (κ3) is 6.95. The summed E-state index contributed by atoms with van der Waals surface area (Å²) in [4.78, 5) is 0. The molecule has 0 saturated carbocycles. The molecule has 0 aliphatic rings. The molecule has 0 spiro atoms. The van der Waals surface area contributed by atoms with Crippen LogP contribution in [-0.2, 0) is 6.54 Å². The molecule has 0 atom stereocenters. The Kier molecular flexibility index (Phi) is 8.10. The van der Waals surface area contributed by atoms with Crippen molar-refractivity contribution in [2.45, 2.75) is 45.7 Å². The van der Waals surface area contributed by atoms with Crippen LogP contribution in [0.2, 0.25) is 0 Å². The maximum absolute atomic E-state index is 8.72. The summed E-state index contributed by atoms with van der Waals surface area (Å²) in [5, 5.41) is 12.1. The van der Waals surface area contributed by atoms with Crippen molar-refractivity contribution in [1.82, 2.24) is 5.32 Å². The molecule has 0 bridgehead atoms. The fourth-order valence-corrected chi connectivity index (χ4v) is 2.12. The lowest BCUT2D eigenvalue weighted by molar-refractivity contribution is 0.265. The van der Waals surface area contributed by atoms with Gasteiger partial charge in [0.25, 0.3) is 0 Å². The Hall–Kier alpha value is -0.580. The maximum Gasteiger partial charge on any atom is 0.123 e. The Morgan fingerprint density at radius 3 is 2.74 bits per heavy atom. The number of nitrogens with one attached hydrogen (secondary N) is 1. The Balaban J connectivity index is 2.50. The van der Waals surface area contributed by atoms with Crippen molar-refractivity contribution < 1.29 is 9.84 Å². The van der Waals surface area contributed by atoms with Crippen LogP contribution in [0.25, 0.3) is 0 Å². The molecule has 0 amide bonds. The standard InChI is InChI=1S/C15H24BrNO2/c1-12(2)17-11-13-10-14(16)6-7-15(13)19-9-5-3-4-8-18/h6-7,10,12,17-18H,3-5,8-9,11H2,1-2H3. The van der Waals surface area contributed by atoms with Crippen molar-refractivity contribution in [3.8, 4) is 5.75 Å². The van der Waals surface area contributed by atoms with Crippen molar-refractivity contribution in [3.63, 3.8) is 0 Å². The lowest BCUT2D eigenvalue weighted by Gasteiger charge is -2.14. The fourth-order valence-electron chi connectivity index (χ4n) is 1.71. The molecule has 0 saturated heterocycles. The number of hydrogen-bond acceptors (Lipinski definition) is 3. The second-order valence-electron chi connectivity index (χ2n) is 4.92. The highest BCUT2D eigenvalue weighted by Crippen LogP contribution is 2.23. The van der Waals surface area contributed by atoms with Gasteiger partial charge in [-0.3, -0.25) is 0 Å². The minimum atomic E-state index is 0.266. The molecule has 1 rings (SSSR count). The summed E-state index contributed by atoms with van der Waals surface area (Å²) < 4.78 is 6.90. The monoisotopic (exact) mass is 329 g/mol. The highest BCUT2D eigenvalue weighted by molar-refractivity contribution is 9.10. The highest BCUT2D eigenvalue weighted by atomic mass is 79.9. The second-order valence-corrected chi connectivity index (χ2v) is 5.84. The van der Waals surface area contributed by atoms with Crippen LogP contribution in [0.4, 0.5) is 0 Å². The van der Waals surface area contributed by atoms with E-state index < -0.39 is 0 Å². The molecular formula is C15H24BrNO2.